The van der Waals surface area contributed by atoms with Crippen LogP contribution in [0.15, 0.2) is 36.7 Å². The van der Waals surface area contributed by atoms with E-state index in [-0.39, 0.29) is 5.91 Å². The van der Waals surface area contributed by atoms with Gasteiger partial charge >= 0.3 is 0 Å². The molecule has 1 saturated heterocycles. The molecule has 27 heavy (non-hydrogen) atoms. The van der Waals surface area contributed by atoms with Gasteiger partial charge in [-0.15, -0.1) is 0 Å². The Kier molecular flexibility index (Phi) is 5.43. The molecule has 0 radical (unpaired) electrons. The number of fused-ring (bicyclic) bond motifs is 1. The molecule has 2 aliphatic rings. The van der Waals surface area contributed by atoms with Crippen LogP contribution in [0.3, 0.4) is 0 Å². The summed E-state index contributed by atoms with van der Waals surface area (Å²) in [6, 6.07) is 8.05. The van der Waals surface area contributed by atoms with Crippen molar-refractivity contribution in [3.63, 3.8) is 0 Å². The molecule has 2 aromatic rings. The van der Waals surface area contributed by atoms with E-state index in [2.05, 4.69) is 16.0 Å². The molecule has 5 nitrogen and oxygen atoms in total. The Morgan fingerprint density at radius 2 is 2.15 bits per heavy atom. The molecule has 2 aliphatic heterocycles. The first kappa shape index (κ1) is 18.4. The lowest BCUT2D eigenvalue weighted by Crippen LogP contribution is -2.38. The van der Waals surface area contributed by atoms with Gasteiger partial charge in [0.1, 0.15) is 0 Å². The fraction of sp³-hybridized carbons (Fsp3) is 0.429. The zero-order valence-corrected chi connectivity index (χ0v) is 16.3. The summed E-state index contributed by atoms with van der Waals surface area (Å²) >= 11 is 6.07. The molecule has 1 aromatic carbocycles. The number of carbonyl (C=O) groups excluding carboxylic acids is 1. The average Bonchev–Trinajstić information content (AvgIpc) is 3.09. The fourth-order valence-electron chi connectivity index (χ4n) is 4.13. The van der Waals surface area contributed by atoms with Crippen LogP contribution in [0.25, 0.3) is 0 Å². The average molecular weight is 386 g/mol. The van der Waals surface area contributed by atoms with Gasteiger partial charge in [0.25, 0.3) is 5.91 Å². The fourth-order valence-corrected chi connectivity index (χ4v) is 4.32. The van der Waals surface area contributed by atoms with Gasteiger partial charge in [0.2, 0.25) is 0 Å². The SMILES string of the molecule is COCC1CCCN1Cc1cncc(N2CCc3cc(Cl)ccc3C2=O)c1. The van der Waals surface area contributed by atoms with Crippen LogP contribution < -0.4 is 4.90 Å². The smallest absolute Gasteiger partial charge is 0.258 e. The van der Waals surface area contributed by atoms with Crippen LogP contribution in [-0.2, 0) is 17.7 Å². The summed E-state index contributed by atoms with van der Waals surface area (Å²) in [7, 11) is 1.76. The van der Waals surface area contributed by atoms with Crippen LogP contribution in [0.5, 0.6) is 0 Å². The van der Waals surface area contributed by atoms with Crippen LogP contribution in [0, 0.1) is 0 Å². The van der Waals surface area contributed by atoms with Gasteiger partial charge in [0, 0.05) is 43.0 Å². The maximum Gasteiger partial charge on any atom is 0.258 e. The predicted molar refractivity (Wildman–Crippen MR) is 106 cm³/mol. The van der Waals surface area contributed by atoms with E-state index in [9.17, 15) is 4.79 Å². The molecule has 1 atom stereocenters. The lowest BCUT2D eigenvalue weighted by Gasteiger charge is -2.29. The highest BCUT2D eigenvalue weighted by molar-refractivity contribution is 6.30. The van der Waals surface area contributed by atoms with Gasteiger partial charge in [-0.05, 0) is 61.2 Å². The van der Waals surface area contributed by atoms with Crippen molar-refractivity contribution in [3.8, 4) is 0 Å². The van der Waals surface area contributed by atoms with Crippen LogP contribution in [0.4, 0.5) is 5.69 Å². The molecular weight excluding hydrogens is 362 g/mol. The molecule has 1 amide bonds. The van der Waals surface area contributed by atoms with E-state index >= 15 is 0 Å². The first-order valence-electron chi connectivity index (χ1n) is 9.43. The minimum Gasteiger partial charge on any atom is -0.383 e. The lowest BCUT2D eigenvalue weighted by molar-refractivity contribution is 0.0980. The molecule has 0 N–H and O–H groups in total. The van der Waals surface area contributed by atoms with Crippen LogP contribution >= 0.6 is 11.6 Å². The molecule has 3 heterocycles. The number of hydrogen-bond donors (Lipinski definition) is 0. The molecular formula is C21H24ClN3O2. The molecule has 142 valence electrons. The predicted octanol–water partition coefficient (Wildman–Crippen LogP) is 3.55. The lowest BCUT2D eigenvalue weighted by atomic mass is 9.98. The van der Waals surface area contributed by atoms with Crippen molar-refractivity contribution in [2.24, 2.45) is 0 Å². The van der Waals surface area contributed by atoms with Gasteiger partial charge in [0.05, 0.1) is 18.5 Å². The van der Waals surface area contributed by atoms with Crippen LogP contribution in [0.2, 0.25) is 5.02 Å². The third-order valence-electron chi connectivity index (χ3n) is 5.48. The normalized spacial score (nSPS) is 20.1. The number of anilines is 1. The molecule has 0 saturated carbocycles. The highest BCUT2D eigenvalue weighted by atomic mass is 35.5. The number of benzene rings is 1. The van der Waals surface area contributed by atoms with Gasteiger partial charge in [-0.3, -0.25) is 14.7 Å². The zero-order valence-electron chi connectivity index (χ0n) is 15.5. The number of nitrogens with zero attached hydrogens (tertiary/aromatic N) is 3. The number of aromatic nitrogens is 1. The largest absolute Gasteiger partial charge is 0.383 e. The minimum atomic E-state index is 0.0188. The first-order valence-corrected chi connectivity index (χ1v) is 9.80. The van der Waals surface area contributed by atoms with Crippen molar-refractivity contribution in [1.29, 1.82) is 0 Å². The standard InChI is InChI=1S/C21H24ClN3O2/c1-27-14-18-3-2-7-24(18)13-15-9-19(12-23-11-15)25-8-6-16-10-17(22)4-5-20(16)21(25)26/h4-5,9-12,18H,2-3,6-8,13-14H2,1H3. The van der Waals surface area contributed by atoms with Crippen LogP contribution in [-0.4, -0.2) is 48.6 Å². The minimum absolute atomic E-state index is 0.0188. The third kappa shape index (κ3) is 3.86. The molecule has 1 unspecified atom stereocenters. The molecule has 0 bridgehead atoms. The highest BCUT2D eigenvalue weighted by Crippen LogP contribution is 2.27. The molecule has 0 spiro atoms. The van der Waals surface area contributed by atoms with Gasteiger partial charge in [-0.2, -0.15) is 0 Å². The quantitative estimate of drug-likeness (QED) is 0.789. The first-order chi connectivity index (χ1) is 13.2. The highest BCUT2D eigenvalue weighted by Gasteiger charge is 2.27. The number of likely N-dealkylation sites (tertiary alicyclic amines) is 1. The summed E-state index contributed by atoms with van der Waals surface area (Å²) in [5.74, 6) is 0.0188. The molecule has 0 aliphatic carbocycles. The third-order valence-corrected chi connectivity index (χ3v) is 5.72. The van der Waals surface area contributed by atoms with E-state index in [0.717, 1.165) is 48.5 Å². The van der Waals surface area contributed by atoms with Gasteiger partial charge in [0.15, 0.2) is 0 Å². The summed E-state index contributed by atoms with van der Waals surface area (Å²) in [6.45, 7) is 3.32. The van der Waals surface area contributed by atoms with Crippen molar-refractivity contribution in [2.75, 3.05) is 31.7 Å². The monoisotopic (exact) mass is 385 g/mol. The topological polar surface area (TPSA) is 45.7 Å². The summed E-state index contributed by atoms with van der Waals surface area (Å²) < 4.78 is 5.35. The second-order valence-electron chi connectivity index (χ2n) is 7.28. The maximum absolute atomic E-state index is 12.9. The summed E-state index contributed by atoms with van der Waals surface area (Å²) in [4.78, 5) is 21.6. The van der Waals surface area contributed by atoms with Gasteiger partial charge in [-0.25, -0.2) is 0 Å². The number of halogens is 1. The number of amides is 1. The van der Waals surface area contributed by atoms with Crippen molar-refractivity contribution in [1.82, 2.24) is 9.88 Å². The Morgan fingerprint density at radius 3 is 3.00 bits per heavy atom. The number of hydrogen-bond acceptors (Lipinski definition) is 4. The number of pyridine rings is 1. The van der Waals surface area contributed by atoms with Crippen LogP contribution in [0.1, 0.15) is 34.3 Å². The van der Waals surface area contributed by atoms with E-state index in [1.165, 1.54) is 12.8 Å². The van der Waals surface area contributed by atoms with Crippen molar-refractivity contribution in [3.05, 3.63) is 58.4 Å². The summed E-state index contributed by atoms with van der Waals surface area (Å²) in [6.07, 6.45) is 6.84. The maximum atomic E-state index is 12.9. The van der Waals surface area contributed by atoms with Crippen molar-refractivity contribution < 1.29 is 9.53 Å². The van der Waals surface area contributed by atoms with Crippen molar-refractivity contribution >= 4 is 23.2 Å². The second kappa shape index (κ2) is 7.97. The molecule has 6 heteroatoms. The number of ether oxygens (including phenoxy) is 1. The number of rotatable bonds is 5. The van der Waals surface area contributed by atoms with E-state index in [4.69, 9.17) is 16.3 Å². The Bertz CT molecular complexity index is 842. The van der Waals surface area contributed by atoms with E-state index < -0.39 is 0 Å². The molecule has 4 rings (SSSR count). The van der Waals surface area contributed by atoms with E-state index in [0.29, 0.717) is 17.6 Å². The Morgan fingerprint density at radius 1 is 1.26 bits per heavy atom. The summed E-state index contributed by atoms with van der Waals surface area (Å²) in [5.41, 5.74) is 3.74. The Labute approximate surface area is 164 Å². The van der Waals surface area contributed by atoms with Crippen molar-refractivity contribution in [2.45, 2.75) is 31.8 Å². The Hall–Kier alpha value is -1.95. The van der Waals surface area contributed by atoms with E-state index in [1.54, 1.807) is 19.4 Å². The second-order valence-corrected chi connectivity index (χ2v) is 7.72. The number of carbonyl (C=O) groups is 1. The summed E-state index contributed by atoms with van der Waals surface area (Å²) in [5, 5.41) is 0.676. The van der Waals surface area contributed by atoms with E-state index in [1.807, 2.05) is 23.2 Å². The van der Waals surface area contributed by atoms with Gasteiger partial charge < -0.3 is 9.64 Å². The number of methoxy groups -OCH3 is 1. The molecule has 1 fully saturated rings. The molecule has 1 aromatic heterocycles. The zero-order chi connectivity index (χ0) is 18.8. The van der Waals surface area contributed by atoms with Gasteiger partial charge in [-0.1, -0.05) is 11.6 Å². The Balaban J connectivity index is 1.53.